The van der Waals surface area contributed by atoms with Gasteiger partial charge in [-0.25, -0.2) is 4.79 Å². The molecule has 0 spiro atoms. The summed E-state index contributed by atoms with van der Waals surface area (Å²) in [5.41, 5.74) is 0.632. The number of barbiturate groups is 1. The molecule has 1 aliphatic heterocycles. The molecule has 1 aromatic carbocycles. The van der Waals surface area contributed by atoms with Gasteiger partial charge in [0.2, 0.25) is 0 Å². The lowest BCUT2D eigenvalue weighted by Gasteiger charge is -2.12. The van der Waals surface area contributed by atoms with Gasteiger partial charge in [-0.3, -0.25) is 25.0 Å². The van der Waals surface area contributed by atoms with Gasteiger partial charge in [-0.2, -0.15) is 0 Å². The lowest BCUT2D eigenvalue weighted by molar-refractivity contribution is -0.134. The van der Waals surface area contributed by atoms with E-state index in [0.29, 0.717) is 18.1 Å². The zero-order valence-electron chi connectivity index (χ0n) is 14.6. The van der Waals surface area contributed by atoms with Crippen molar-refractivity contribution in [3.63, 3.8) is 0 Å². The third-order valence-electron chi connectivity index (χ3n) is 3.53. The standard InChI is InChI=1S/C19H20N2O5/c1-12(2)6-11-16(22)26-14-9-7-13(8-10-14)4-3-5-15-17(23)20-19(25)21-18(15)24/h3-5,7-10,12H,6,11H2,1-2H3,(H2,20,21,23,24,25)/b4-3+. The number of hydrogen-bond acceptors (Lipinski definition) is 5. The summed E-state index contributed by atoms with van der Waals surface area (Å²) in [6.07, 6.45) is 5.67. The molecule has 0 radical (unpaired) electrons. The fraction of sp³-hybridized carbons (Fsp3) is 0.263. The molecule has 0 aliphatic carbocycles. The van der Waals surface area contributed by atoms with Crippen LogP contribution in [-0.2, 0) is 14.4 Å². The zero-order valence-corrected chi connectivity index (χ0v) is 14.6. The first kappa shape index (κ1) is 19.1. The molecule has 1 aliphatic rings. The highest BCUT2D eigenvalue weighted by Crippen LogP contribution is 2.15. The molecule has 0 aromatic heterocycles. The molecule has 0 saturated carbocycles. The lowest BCUT2D eigenvalue weighted by Crippen LogP contribution is -2.51. The molecular weight excluding hydrogens is 336 g/mol. The van der Waals surface area contributed by atoms with E-state index in [1.807, 2.05) is 24.5 Å². The van der Waals surface area contributed by atoms with Crippen LogP contribution in [-0.4, -0.2) is 23.8 Å². The Kier molecular flexibility index (Phi) is 6.43. The van der Waals surface area contributed by atoms with Gasteiger partial charge in [0.1, 0.15) is 11.3 Å². The summed E-state index contributed by atoms with van der Waals surface area (Å²) < 4.78 is 5.24. The number of hydrogen-bond donors (Lipinski definition) is 2. The van der Waals surface area contributed by atoms with E-state index in [2.05, 4.69) is 0 Å². The van der Waals surface area contributed by atoms with Crippen molar-refractivity contribution < 1.29 is 23.9 Å². The molecule has 1 fully saturated rings. The van der Waals surface area contributed by atoms with Crippen LogP contribution >= 0.6 is 0 Å². The van der Waals surface area contributed by atoms with Gasteiger partial charge in [0.05, 0.1) is 0 Å². The smallest absolute Gasteiger partial charge is 0.328 e. The number of rotatable bonds is 6. The number of nitrogens with one attached hydrogen (secondary N) is 2. The first-order valence-electron chi connectivity index (χ1n) is 8.21. The number of amides is 4. The van der Waals surface area contributed by atoms with Crippen LogP contribution in [0.5, 0.6) is 5.75 Å². The van der Waals surface area contributed by atoms with E-state index in [1.54, 1.807) is 30.3 Å². The van der Waals surface area contributed by atoms with Crippen LogP contribution in [0.15, 0.2) is 42.0 Å². The number of allylic oxidation sites excluding steroid dienone is 2. The summed E-state index contributed by atoms with van der Waals surface area (Å²) in [5.74, 6) is -0.857. The number of esters is 1. The van der Waals surface area contributed by atoms with Gasteiger partial charge in [-0.05, 0) is 36.1 Å². The van der Waals surface area contributed by atoms with Gasteiger partial charge in [-0.1, -0.05) is 38.1 Å². The summed E-state index contributed by atoms with van der Waals surface area (Å²) >= 11 is 0. The van der Waals surface area contributed by atoms with E-state index in [0.717, 1.165) is 12.0 Å². The predicted octanol–water partition coefficient (Wildman–Crippen LogP) is 2.33. The van der Waals surface area contributed by atoms with Gasteiger partial charge in [0, 0.05) is 6.42 Å². The van der Waals surface area contributed by atoms with Gasteiger partial charge < -0.3 is 4.74 Å². The Bertz CT molecular complexity index is 754. The molecule has 7 heteroatoms. The topological polar surface area (TPSA) is 102 Å². The van der Waals surface area contributed by atoms with Crippen molar-refractivity contribution >= 4 is 29.9 Å². The average molecular weight is 356 g/mol. The van der Waals surface area contributed by atoms with Gasteiger partial charge in [-0.15, -0.1) is 0 Å². The second kappa shape index (κ2) is 8.75. The summed E-state index contributed by atoms with van der Waals surface area (Å²) in [4.78, 5) is 45.8. The van der Waals surface area contributed by atoms with Crippen molar-refractivity contribution in [2.24, 2.45) is 5.92 Å². The van der Waals surface area contributed by atoms with Crippen LogP contribution in [0, 0.1) is 5.92 Å². The molecule has 0 unspecified atom stereocenters. The van der Waals surface area contributed by atoms with E-state index in [4.69, 9.17) is 4.74 Å². The van der Waals surface area contributed by atoms with Gasteiger partial charge in [0.15, 0.2) is 0 Å². The summed E-state index contributed by atoms with van der Waals surface area (Å²) in [7, 11) is 0. The van der Waals surface area contributed by atoms with Crippen molar-refractivity contribution in [2.45, 2.75) is 26.7 Å². The molecule has 0 atom stereocenters. The molecule has 2 N–H and O–H groups in total. The second-order valence-corrected chi connectivity index (χ2v) is 6.15. The molecule has 1 aromatic rings. The van der Waals surface area contributed by atoms with Crippen molar-refractivity contribution in [3.8, 4) is 5.75 Å². The fourth-order valence-corrected chi connectivity index (χ4v) is 2.12. The number of carbonyl (C=O) groups is 4. The minimum absolute atomic E-state index is 0.156. The highest BCUT2D eigenvalue weighted by molar-refractivity contribution is 6.29. The first-order chi connectivity index (χ1) is 12.3. The van der Waals surface area contributed by atoms with E-state index in [1.165, 1.54) is 12.2 Å². The van der Waals surface area contributed by atoms with Crippen LogP contribution in [0.1, 0.15) is 32.3 Å². The minimum atomic E-state index is -0.834. The number of urea groups is 1. The average Bonchev–Trinajstić information content (AvgIpc) is 2.57. The third-order valence-corrected chi connectivity index (χ3v) is 3.53. The van der Waals surface area contributed by atoms with Crippen molar-refractivity contribution in [3.05, 3.63) is 47.6 Å². The van der Waals surface area contributed by atoms with Gasteiger partial charge in [0.25, 0.3) is 11.8 Å². The second-order valence-electron chi connectivity index (χ2n) is 6.15. The maximum atomic E-state index is 11.7. The molecule has 7 nitrogen and oxygen atoms in total. The van der Waals surface area contributed by atoms with Crippen LogP contribution in [0.2, 0.25) is 0 Å². The molecular formula is C19H20N2O5. The molecule has 1 heterocycles. The number of ether oxygens (including phenoxy) is 1. The number of benzene rings is 1. The molecule has 4 amide bonds. The van der Waals surface area contributed by atoms with Crippen LogP contribution < -0.4 is 15.4 Å². The maximum Gasteiger partial charge on any atom is 0.328 e. The van der Waals surface area contributed by atoms with Crippen molar-refractivity contribution in [1.29, 1.82) is 0 Å². The monoisotopic (exact) mass is 356 g/mol. The van der Waals surface area contributed by atoms with E-state index < -0.39 is 17.8 Å². The summed E-state index contributed by atoms with van der Waals surface area (Å²) in [6.45, 7) is 4.09. The quantitative estimate of drug-likeness (QED) is 0.353. The molecule has 2 rings (SSSR count). The zero-order chi connectivity index (χ0) is 19.1. The number of imide groups is 2. The Morgan fingerprint density at radius 2 is 1.69 bits per heavy atom. The molecule has 26 heavy (non-hydrogen) atoms. The Labute approximate surface area is 151 Å². The minimum Gasteiger partial charge on any atom is -0.427 e. The molecule has 136 valence electrons. The van der Waals surface area contributed by atoms with Crippen LogP contribution in [0.4, 0.5) is 4.79 Å². The largest absolute Gasteiger partial charge is 0.427 e. The van der Waals surface area contributed by atoms with Gasteiger partial charge >= 0.3 is 12.0 Å². The van der Waals surface area contributed by atoms with Crippen molar-refractivity contribution in [1.82, 2.24) is 10.6 Å². The SMILES string of the molecule is CC(C)CCC(=O)Oc1ccc(/C=C/C=C2C(=O)NC(=O)NC2=O)cc1. The predicted molar refractivity (Wildman–Crippen MR) is 94.9 cm³/mol. The molecule has 0 bridgehead atoms. The Morgan fingerprint density at radius 1 is 1.08 bits per heavy atom. The lowest BCUT2D eigenvalue weighted by atomic mass is 10.1. The van der Waals surface area contributed by atoms with Crippen LogP contribution in [0.25, 0.3) is 6.08 Å². The molecule has 1 saturated heterocycles. The fourth-order valence-electron chi connectivity index (χ4n) is 2.12. The first-order valence-corrected chi connectivity index (χ1v) is 8.21. The van der Waals surface area contributed by atoms with E-state index >= 15 is 0 Å². The summed E-state index contributed by atoms with van der Waals surface area (Å²) in [6, 6.07) is 5.98. The maximum absolute atomic E-state index is 11.7. The normalized spacial score (nSPS) is 14.4. The van der Waals surface area contributed by atoms with E-state index in [-0.39, 0.29) is 11.5 Å². The summed E-state index contributed by atoms with van der Waals surface area (Å²) in [5, 5.41) is 3.98. The highest BCUT2D eigenvalue weighted by atomic mass is 16.5. The Morgan fingerprint density at radius 3 is 2.27 bits per heavy atom. The highest BCUT2D eigenvalue weighted by Gasteiger charge is 2.26. The Balaban J connectivity index is 1.94. The van der Waals surface area contributed by atoms with Crippen molar-refractivity contribution in [2.75, 3.05) is 0 Å². The third kappa shape index (κ3) is 5.70. The van der Waals surface area contributed by atoms with E-state index in [9.17, 15) is 19.2 Å². The Hall–Kier alpha value is -3.22. The van der Waals surface area contributed by atoms with Crippen LogP contribution in [0.3, 0.4) is 0 Å². The number of carbonyl (C=O) groups excluding carboxylic acids is 4.